The van der Waals surface area contributed by atoms with Crippen molar-refractivity contribution in [3.8, 4) is 11.3 Å². The Morgan fingerprint density at radius 1 is 1.14 bits per heavy atom. The van der Waals surface area contributed by atoms with Crippen molar-refractivity contribution in [1.29, 1.82) is 0 Å². The summed E-state index contributed by atoms with van der Waals surface area (Å²) in [6.07, 6.45) is 3.24. The van der Waals surface area contributed by atoms with Gasteiger partial charge in [0.15, 0.2) is 0 Å². The van der Waals surface area contributed by atoms with Gasteiger partial charge in [0.05, 0.1) is 16.8 Å². The first kappa shape index (κ1) is 19.5. The molecule has 4 nitrogen and oxygen atoms in total. The number of nitrogens with zero attached hydrogens (tertiary/aromatic N) is 2. The number of fused-ring (bicyclic) bond motifs is 1. The van der Waals surface area contributed by atoms with Crippen LogP contribution in [-0.4, -0.2) is 42.5 Å². The van der Waals surface area contributed by atoms with Gasteiger partial charge in [-0.2, -0.15) is 0 Å². The zero-order valence-corrected chi connectivity index (χ0v) is 16.7. The number of para-hydroxylation sites is 1. The summed E-state index contributed by atoms with van der Waals surface area (Å²) in [4.78, 5) is 20.1. The lowest BCUT2D eigenvalue weighted by atomic mass is 9.93. The second kappa shape index (κ2) is 8.70. The highest BCUT2D eigenvalue weighted by Gasteiger charge is 2.25. The smallest absolute Gasteiger partial charge is 0.254 e. The van der Waals surface area contributed by atoms with Gasteiger partial charge in [-0.25, -0.2) is 9.37 Å². The molecule has 0 saturated carbocycles. The average Bonchev–Trinajstić information content (AvgIpc) is 2.77. The molecular weight excluding hydrogens is 365 g/mol. The quantitative estimate of drug-likeness (QED) is 0.696. The van der Waals surface area contributed by atoms with Gasteiger partial charge in [0.1, 0.15) is 5.82 Å². The summed E-state index contributed by atoms with van der Waals surface area (Å²) in [6, 6.07) is 15.8. The lowest BCUT2D eigenvalue weighted by Gasteiger charge is -2.32. The molecule has 4 rings (SSSR count). The van der Waals surface area contributed by atoms with E-state index in [1.165, 1.54) is 12.1 Å². The average molecular weight is 391 g/mol. The largest absolute Gasteiger partial charge is 0.339 e. The van der Waals surface area contributed by atoms with Crippen LogP contribution in [0.15, 0.2) is 54.6 Å². The first-order valence-electron chi connectivity index (χ1n) is 10.3. The van der Waals surface area contributed by atoms with Crippen LogP contribution in [0.25, 0.3) is 22.2 Å². The van der Waals surface area contributed by atoms with Gasteiger partial charge in [0.2, 0.25) is 0 Å². The Morgan fingerprint density at radius 2 is 1.86 bits per heavy atom. The van der Waals surface area contributed by atoms with Crippen LogP contribution in [0.3, 0.4) is 0 Å². The van der Waals surface area contributed by atoms with E-state index in [4.69, 9.17) is 4.98 Å². The van der Waals surface area contributed by atoms with Crippen LogP contribution in [0.1, 0.15) is 29.6 Å². The fraction of sp³-hybridized carbons (Fsp3) is 0.333. The Bertz CT molecular complexity index is 995. The van der Waals surface area contributed by atoms with Crippen molar-refractivity contribution < 1.29 is 9.18 Å². The predicted molar refractivity (Wildman–Crippen MR) is 114 cm³/mol. The monoisotopic (exact) mass is 391 g/mol. The van der Waals surface area contributed by atoms with E-state index >= 15 is 0 Å². The van der Waals surface area contributed by atoms with Crippen molar-refractivity contribution in [3.63, 3.8) is 0 Å². The molecule has 0 aliphatic carbocycles. The maximum atomic E-state index is 13.4. The molecule has 1 aliphatic heterocycles. The van der Waals surface area contributed by atoms with Crippen molar-refractivity contribution in [2.75, 3.05) is 26.7 Å². The minimum Gasteiger partial charge on any atom is -0.339 e. The Morgan fingerprint density at radius 3 is 2.59 bits per heavy atom. The molecule has 0 radical (unpaired) electrons. The number of rotatable bonds is 5. The lowest BCUT2D eigenvalue weighted by molar-refractivity contribution is 0.0689. The number of piperidine rings is 1. The predicted octanol–water partition coefficient (Wildman–Crippen LogP) is 4.50. The van der Waals surface area contributed by atoms with Crippen LogP contribution < -0.4 is 5.32 Å². The lowest BCUT2D eigenvalue weighted by Crippen LogP contribution is -2.39. The summed E-state index contributed by atoms with van der Waals surface area (Å²) in [5.41, 5.74) is 2.94. The Labute approximate surface area is 170 Å². The fourth-order valence-corrected chi connectivity index (χ4v) is 4.06. The summed E-state index contributed by atoms with van der Waals surface area (Å²) < 4.78 is 13.3. The number of hydrogen-bond donors (Lipinski definition) is 1. The molecular formula is C24H26FN3O. The van der Waals surface area contributed by atoms with Crippen LogP contribution >= 0.6 is 0 Å². The van der Waals surface area contributed by atoms with Crippen molar-refractivity contribution in [1.82, 2.24) is 15.2 Å². The van der Waals surface area contributed by atoms with E-state index < -0.39 is 0 Å². The molecule has 1 fully saturated rings. The number of benzene rings is 2. The topological polar surface area (TPSA) is 45.2 Å². The highest BCUT2D eigenvalue weighted by Crippen LogP contribution is 2.28. The third-order valence-electron chi connectivity index (χ3n) is 5.79. The third-order valence-corrected chi connectivity index (χ3v) is 5.79. The van der Waals surface area contributed by atoms with Crippen molar-refractivity contribution in [2.24, 2.45) is 5.92 Å². The molecule has 0 bridgehead atoms. The maximum Gasteiger partial charge on any atom is 0.254 e. The van der Waals surface area contributed by atoms with Crippen molar-refractivity contribution in [2.45, 2.75) is 19.3 Å². The number of hydrogen-bond acceptors (Lipinski definition) is 3. The van der Waals surface area contributed by atoms with Gasteiger partial charge in [0, 0.05) is 24.0 Å². The number of amides is 1. The van der Waals surface area contributed by atoms with Gasteiger partial charge in [0.25, 0.3) is 5.91 Å². The highest BCUT2D eigenvalue weighted by molar-refractivity contribution is 6.07. The summed E-state index contributed by atoms with van der Waals surface area (Å²) in [6.45, 7) is 2.60. The number of halogens is 1. The van der Waals surface area contributed by atoms with Crippen LogP contribution in [0.2, 0.25) is 0 Å². The second-order valence-corrected chi connectivity index (χ2v) is 7.71. The van der Waals surface area contributed by atoms with E-state index in [2.05, 4.69) is 5.32 Å². The zero-order valence-electron chi connectivity index (χ0n) is 16.7. The van der Waals surface area contributed by atoms with Gasteiger partial charge >= 0.3 is 0 Å². The van der Waals surface area contributed by atoms with Gasteiger partial charge in [-0.1, -0.05) is 18.2 Å². The molecule has 2 heterocycles. The molecule has 150 valence electrons. The molecule has 1 aliphatic rings. The van der Waals surface area contributed by atoms with E-state index in [1.54, 1.807) is 12.1 Å². The number of carbonyl (C=O) groups excluding carboxylic acids is 1. The number of likely N-dealkylation sites (tertiary alicyclic amines) is 1. The number of nitrogens with one attached hydrogen (secondary N) is 1. The van der Waals surface area contributed by atoms with E-state index in [9.17, 15) is 9.18 Å². The zero-order chi connectivity index (χ0) is 20.2. The summed E-state index contributed by atoms with van der Waals surface area (Å²) >= 11 is 0. The molecule has 5 heteroatoms. The van der Waals surface area contributed by atoms with Crippen LogP contribution in [-0.2, 0) is 0 Å². The number of aromatic nitrogens is 1. The molecule has 0 atom stereocenters. The highest BCUT2D eigenvalue weighted by atomic mass is 19.1. The van der Waals surface area contributed by atoms with Crippen molar-refractivity contribution >= 4 is 16.8 Å². The molecule has 1 N–H and O–H groups in total. The molecule has 1 saturated heterocycles. The van der Waals surface area contributed by atoms with Crippen LogP contribution in [0, 0.1) is 11.7 Å². The normalized spacial score (nSPS) is 15.0. The third kappa shape index (κ3) is 4.30. The first-order chi connectivity index (χ1) is 14.2. The molecule has 2 aromatic carbocycles. The summed E-state index contributed by atoms with van der Waals surface area (Å²) in [7, 11) is 1.98. The standard InChI is InChI=1S/C24H26FN3O/c1-26-13-10-17-11-14-28(15-12-17)24(29)21-16-23(18-6-8-19(25)9-7-18)27-22-5-3-2-4-20(21)22/h2-9,16-17,26H,10-15H2,1H3. The van der Waals surface area contributed by atoms with E-state index in [1.807, 2.05) is 42.3 Å². The van der Waals surface area contributed by atoms with E-state index in [0.717, 1.165) is 55.4 Å². The fourth-order valence-electron chi connectivity index (χ4n) is 4.06. The summed E-state index contributed by atoms with van der Waals surface area (Å²) in [5, 5.41) is 4.07. The molecule has 0 unspecified atom stereocenters. The molecule has 1 aromatic heterocycles. The SMILES string of the molecule is CNCCC1CCN(C(=O)c2cc(-c3ccc(F)cc3)nc3ccccc23)CC1. The maximum absolute atomic E-state index is 13.4. The molecule has 3 aromatic rings. The van der Waals surface area contributed by atoms with Crippen molar-refractivity contribution in [3.05, 3.63) is 66.0 Å². The van der Waals surface area contributed by atoms with Crippen LogP contribution in [0.4, 0.5) is 4.39 Å². The summed E-state index contributed by atoms with van der Waals surface area (Å²) in [5.74, 6) is 0.446. The molecule has 29 heavy (non-hydrogen) atoms. The molecule has 0 spiro atoms. The van der Waals surface area contributed by atoms with Gasteiger partial charge in [-0.15, -0.1) is 0 Å². The number of pyridine rings is 1. The van der Waals surface area contributed by atoms with Crippen LogP contribution in [0.5, 0.6) is 0 Å². The van der Waals surface area contributed by atoms with Gasteiger partial charge in [-0.05, 0) is 75.2 Å². The van der Waals surface area contributed by atoms with E-state index in [-0.39, 0.29) is 11.7 Å². The minimum atomic E-state index is -0.285. The molecule has 1 amide bonds. The van der Waals surface area contributed by atoms with Gasteiger partial charge in [-0.3, -0.25) is 4.79 Å². The Balaban J connectivity index is 1.64. The van der Waals surface area contributed by atoms with E-state index in [0.29, 0.717) is 17.2 Å². The Kier molecular flexibility index (Phi) is 5.86. The first-order valence-corrected chi connectivity index (χ1v) is 10.3. The number of carbonyl (C=O) groups is 1. The minimum absolute atomic E-state index is 0.0547. The Hall–Kier alpha value is -2.79. The van der Waals surface area contributed by atoms with Gasteiger partial charge < -0.3 is 10.2 Å². The second-order valence-electron chi connectivity index (χ2n) is 7.71.